The van der Waals surface area contributed by atoms with Crippen molar-refractivity contribution >= 4 is 15.7 Å². The third-order valence-corrected chi connectivity index (χ3v) is 5.43. The molecule has 0 aromatic rings. The Labute approximate surface area is 96.1 Å². The van der Waals surface area contributed by atoms with E-state index in [9.17, 15) is 13.2 Å². The normalized spacial score (nSPS) is 31.1. The van der Waals surface area contributed by atoms with Crippen molar-refractivity contribution in [1.29, 1.82) is 0 Å². The molecule has 0 bridgehead atoms. The minimum absolute atomic E-state index is 0.0273. The van der Waals surface area contributed by atoms with Crippen LogP contribution in [0.5, 0.6) is 0 Å². The summed E-state index contributed by atoms with van der Waals surface area (Å²) in [7, 11) is -3.09. The van der Waals surface area contributed by atoms with Gasteiger partial charge in [0.2, 0.25) is 5.91 Å². The van der Waals surface area contributed by atoms with Crippen molar-refractivity contribution in [3.8, 4) is 0 Å². The molecule has 1 atom stereocenters. The standard InChI is InChI=1S/C10H18N2O3S/c13-9-4-5-11-6-7-12(9)10-3-1-2-8-16(10,14)15/h10-11H,1-8H2. The summed E-state index contributed by atoms with van der Waals surface area (Å²) >= 11 is 0. The zero-order valence-electron chi connectivity index (χ0n) is 9.31. The third-order valence-electron chi connectivity index (χ3n) is 3.26. The Balaban J connectivity index is 2.17. The molecule has 2 rings (SSSR count). The van der Waals surface area contributed by atoms with E-state index in [0.29, 0.717) is 32.5 Å². The molecule has 0 aliphatic carbocycles. The van der Waals surface area contributed by atoms with Gasteiger partial charge in [-0.15, -0.1) is 0 Å². The van der Waals surface area contributed by atoms with Crippen LogP contribution in [0.4, 0.5) is 0 Å². The van der Waals surface area contributed by atoms with Gasteiger partial charge in [-0.05, 0) is 19.3 Å². The van der Waals surface area contributed by atoms with Crippen LogP contribution in [0.15, 0.2) is 0 Å². The second-order valence-electron chi connectivity index (χ2n) is 4.40. The van der Waals surface area contributed by atoms with Crippen LogP contribution in [0.25, 0.3) is 0 Å². The van der Waals surface area contributed by atoms with Gasteiger partial charge in [0.1, 0.15) is 5.37 Å². The summed E-state index contributed by atoms with van der Waals surface area (Å²) in [5, 5.41) is 2.56. The van der Waals surface area contributed by atoms with Crippen LogP contribution in [0.3, 0.4) is 0 Å². The Bertz CT molecular complexity index is 366. The average Bonchev–Trinajstić information content (AvgIpc) is 2.43. The number of carbonyl (C=O) groups is 1. The molecule has 2 heterocycles. The molecular weight excluding hydrogens is 228 g/mol. The molecule has 0 spiro atoms. The molecule has 6 heteroatoms. The van der Waals surface area contributed by atoms with Crippen molar-refractivity contribution < 1.29 is 13.2 Å². The molecule has 5 nitrogen and oxygen atoms in total. The van der Waals surface area contributed by atoms with E-state index in [-0.39, 0.29) is 11.7 Å². The summed E-state index contributed by atoms with van der Waals surface area (Å²) in [6.07, 6.45) is 2.65. The number of amides is 1. The Morgan fingerprint density at radius 1 is 1.25 bits per heavy atom. The number of sulfone groups is 1. The molecular formula is C10H18N2O3S. The van der Waals surface area contributed by atoms with Crippen LogP contribution in [0.1, 0.15) is 25.7 Å². The molecule has 2 aliphatic rings. The minimum atomic E-state index is -3.09. The van der Waals surface area contributed by atoms with E-state index in [1.165, 1.54) is 0 Å². The van der Waals surface area contributed by atoms with Crippen LogP contribution < -0.4 is 5.32 Å². The number of carbonyl (C=O) groups excluding carboxylic acids is 1. The van der Waals surface area contributed by atoms with Gasteiger partial charge in [-0.1, -0.05) is 0 Å². The summed E-state index contributed by atoms with van der Waals surface area (Å²) in [6.45, 7) is 1.86. The van der Waals surface area contributed by atoms with Gasteiger partial charge in [-0.3, -0.25) is 4.79 Å². The van der Waals surface area contributed by atoms with Crippen LogP contribution in [-0.4, -0.2) is 50.0 Å². The maximum absolute atomic E-state index is 11.9. The highest BCUT2D eigenvalue weighted by molar-refractivity contribution is 7.92. The highest BCUT2D eigenvalue weighted by Gasteiger charge is 2.36. The minimum Gasteiger partial charge on any atom is -0.324 e. The Morgan fingerprint density at radius 3 is 2.81 bits per heavy atom. The molecule has 1 N–H and O–H groups in total. The number of nitrogens with zero attached hydrogens (tertiary/aromatic N) is 1. The SMILES string of the molecule is O=C1CCNCCN1C1CCCCS1(=O)=O. The lowest BCUT2D eigenvalue weighted by Crippen LogP contribution is -2.48. The van der Waals surface area contributed by atoms with E-state index in [1.807, 2.05) is 0 Å². The molecule has 0 aromatic heterocycles. The van der Waals surface area contributed by atoms with E-state index in [1.54, 1.807) is 4.90 Å². The lowest BCUT2D eigenvalue weighted by atomic mass is 10.2. The first-order valence-electron chi connectivity index (χ1n) is 5.83. The van der Waals surface area contributed by atoms with Crippen LogP contribution >= 0.6 is 0 Å². The van der Waals surface area contributed by atoms with Crippen LogP contribution in [0.2, 0.25) is 0 Å². The van der Waals surface area contributed by atoms with Crippen molar-refractivity contribution in [1.82, 2.24) is 10.2 Å². The first kappa shape index (κ1) is 11.9. The summed E-state index contributed by atoms with van der Waals surface area (Å²) in [5.74, 6) is 0.204. The molecule has 1 unspecified atom stereocenters. The average molecular weight is 246 g/mol. The van der Waals surface area contributed by atoms with Gasteiger partial charge in [-0.2, -0.15) is 0 Å². The molecule has 2 fully saturated rings. The summed E-state index contributed by atoms with van der Waals surface area (Å²) in [5.41, 5.74) is 0. The Morgan fingerprint density at radius 2 is 2.06 bits per heavy atom. The van der Waals surface area contributed by atoms with Crippen molar-refractivity contribution in [2.45, 2.75) is 31.1 Å². The molecule has 1 amide bonds. The highest BCUT2D eigenvalue weighted by atomic mass is 32.2. The fourth-order valence-corrected chi connectivity index (χ4v) is 4.40. The van der Waals surface area contributed by atoms with Gasteiger partial charge >= 0.3 is 0 Å². The molecule has 0 aromatic carbocycles. The number of hydrogen-bond donors (Lipinski definition) is 1. The van der Waals surface area contributed by atoms with Gasteiger partial charge in [0.15, 0.2) is 9.84 Å². The second kappa shape index (κ2) is 4.71. The summed E-state index contributed by atoms with van der Waals surface area (Å²) < 4.78 is 23.8. The first-order chi connectivity index (χ1) is 7.61. The van der Waals surface area contributed by atoms with Crippen molar-refractivity contribution in [3.63, 3.8) is 0 Å². The van der Waals surface area contributed by atoms with Gasteiger partial charge in [0.05, 0.1) is 5.75 Å². The van der Waals surface area contributed by atoms with E-state index < -0.39 is 15.2 Å². The summed E-state index contributed by atoms with van der Waals surface area (Å²) in [4.78, 5) is 13.4. The molecule has 92 valence electrons. The van der Waals surface area contributed by atoms with Crippen LogP contribution in [-0.2, 0) is 14.6 Å². The Kier molecular flexibility index (Phi) is 3.49. The first-order valence-corrected chi connectivity index (χ1v) is 7.54. The largest absolute Gasteiger partial charge is 0.324 e. The Hall–Kier alpha value is -0.620. The van der Waals surface area contributed by atoms with E-state index in [4.69, 9.17) is 0 Å². The van der Waals surface area contributed by atoms with Crippen molar-refractivity contribution in [2.24, 2.45) is 0 Å². The molecule has 0 radical (unpaired) electrons. The van der Waals surface area contributed by atoms with Gasteiger partial charge < -0.3 is 10.2 Å². The fourth-order valence-electron chi connectivity index (χ4n) is 2.38. The smallest absolute Gasteiger partial charge is 0.224 e. The maximum Gasteiger partial charge on any atom is 0.224 e. The summed E-state index contributed by atoms with van der Waals surface area (Å²) in [6, 6.07) is 0. The highest BCUT2D eigenvalue weighted by Crippen LogP contribution is 2.23. The molecule has 2 aliphatic heterocycles. The van der Waals surface area contributed by atoms with Gasteiger partial charge in [0, 0.05) is 26.1 Å². The molecule has 2 saturated heterocycles. The van der Waals surface area contributed by atoms with Crippen molar-refractivity contribution in [2.75, 3.05) is 25.4 Å². The van der Waals surface area contributed by atoms with Crippen molar-refractivity contribution in [3.05, 3.63) is 0 Å². The monoisotopic (exact) mass is 246 g/mol. The predicted octanol–water partition coefficient (Wildman–Crippen LogP) is -0.267. The zero-order chi connectivity index (χ0) is 11.6. The fraction of sp³-hybridized carbons (Fsp3) is 0.900. The number of rotatable bonds is 1. The van der Waals surface area contributed by atoms with Gasteiger partial charge in [0.25, 0.3) is 0 Å². The molecule has 0 saturated carbocycles. The third kappa shape index (κ3) is 2.38. The van der Waals surface area contributed by atoms with E-state index in [0.717, 1.165) is 12.8 Å². The zero-order valence-corrected chi connectivity index (χ0v) is 10.1. The van der Waals surface area contributed by atoms with Crippen LogP contribution in [0, 0.1) is 0 Å². The molecule has 16 heavy (non-hydrogen) atoms. The second-order valence-corrected chi connectivity index (χ2v) is 6.68. The quantitative estimate of drug-likeness (QED) is 0.692. The number of nitrogens with one attached hydrogen (secondary N) is 1. The lowest BCUT2D eigenvalue weighted by Gasteiger charge is -2.32. The lowest BCUT2D eigenvalue weighted by molar-refractivity contribution is -0.131. The maximum atomic E-state index is 11.9. The van der Waals surface area contributed by atoms with Gasteiger partial charge in [-0.25, -0.2) is 8.42 Å². The number of hydrogen-bond acceptors (Lipinski definition) is 4. The topological polar surface area (TPSA) is 66.5 Å². The van der Waals surface area contributed by atoms with E-state index in [2.05, 4.69) is 5.32 Å². The predicted molar refractivity (Wildman–Crippen MR) is 60.6 cm³/mol. The van der Waals surface area contributed by atoms with E-state index >= 15 is 0 Å².